The van der Waals surface area contributed by atoms with Crippen LogP contribution >= 0.6 is 23.2 Å². The maximum Gasteiger partial charge on any atom is 0.257 e. The van der Waals surface area contributed by atoms with E-state index >= 15 is 0 Å². The first-order valence-corrected chi connectivity index (χ1v) is 9.02. The lowest BCUT2D eigenvalue weighted by molar-refractivity contribution is -0.123. The van der Waals surface area contributed by atoms with E-state index in [1.54, 1.807) is 18.2 Å². The SMILES string of the molecule is O=C(COc1cc(Cl)ccc1Cl)NCC1CCN(c2ccccc2)C1. The second-order valence-corrected chi connectivity index (χ2v) is 6.95. The number of nitrogens with zero attached hydrogens (tertiary/aromatic N) is 1. The number of para-hydroxylation sites is 1. The van der Waals surface area contributed by atoms with Crippen LogP contribution in [-0.2, 0) is 4.79 Å². The monoisotopic (exact) mass is 378 g/mol. The Morgan fingerprint density at radius 2 is 2.00 bits per heavy atom. The van der Waals surface area contributed by atoms with Gasteiger partial charge < -0.3 is 15.0 Å². The Bertz CT molecular complexity index is 725. The third-order valence-corrected chi connectivity index (χ3v) is 4.79. The number of hydrogen-bond donors (Lipinski definition) is 1. The zero-order valence-corrected chi connectivity index (χ0v) is 15.3. The molecule has 25 heavy (non-hydrogen) atoms. The molecule has 1 aliphatic heterocycles. The van der Waals surface area contributed by atoms with Gasteiger partial charge in [0.05, 0.1) is 5.02 Å². The average molecular weight is 379 g/mol. The molecular formula is C19H20Cl2N2O2. The molecule has 0 aromatic heterocycles. The van der Waals surface area contributed by atoms with Crippen molar-refractivity contribution in [2.45, 2.75) is 6.42 Å². The van der Waals surface area contributed by atoms with Crippen molar-refractivity contribution < 1.29 is 9.53 Å². The molecule has 1 heterocycles. The molecule has 0 saturated carbocycles. The zero-order valence-electron chi connectivity index (χ0n) is 13.8. The number of hydrogen-bond acceptors (Lipinski definition) is 3. The third kappa shape index (κ3) is 5.03. The number of benzene rings is 2. The summed E-state index contributed by atoms with van der Waals surface area (Å²) in [6.07, 6.45) is 1.07. The Hall–Kier alpha value is -1.91. The van der Waals surface area contributed by atoms with Gasteiger partial charge in [-0.15, -0.1) is 0 Å². The van der Waals surface area contributed by atoms with E-state index in [1.807, 2.05) is 18.2 Å². The molecular weight excluding hydrogens is 359 g/mol. The van der Waals surface area contributed by atoms with Crippen LogP contribution in [0.1, 0.15) is 6.42 Å². The average Bonchev–Trinajstić information content (AvgIpc) is 3.10. The van der Waals surface area contributed by atoms with Crippen molar-refractivity contribution in [2.75, 3.05) is 31.1 Å². The van der Waals surface area contributed by atoms with Gasteiger partial charge in [0.15, 0.2) is 6.61 Å². The van der Waals surface area contributed by atoms with Crippen LogP contribution in [0.3, 0.4) is 0 Å². The summed E-state index contributed by atoms with van der Waals surface area (Å²) in [7, 11) is 0. The minimum atomic E-state index is -0.158. The lowest BCUT2D eigenvalue weighted by Crippen LogP contribution is -2.34. The van der Waals surface area contributed by atoms with Gasteiger partial charge >= 0.3 is 0 Å². The minimum Gasteiger partial charge on any atom is -0.482 e. The molecule has 1 amide bonds. The number of amides is 1. The van der Waals surface area contributed by atoms with Crippen molar-refractivity contribution in [3.8, 4) is 5.75 Å². The molecule has 1 unspecified atom stereocenters. The second kappa shape index (κ2) is 8.45. The van der Waals surface area contributed by atoms with Gasteiger partial charge in [0, 0.05) is 36.4 Å². The van der Waals surface area contributed by atoms with E-state index in [4.69, 9.17) is 27.9 Å². The third-order valence-electron chi connectivity index (χ3n) is 4.25. The zero-order chi connectivity index (χ0) is 17.6. The quantitative estimate of drug-likeness (QED) is 0.825. The maximum absolute atomic E-state index is 12.0. The molecule has 6 heteroatoms. The Morgan fingerprint density at radius 1 is 1.20 bits per heavy atom. The highest BCUT2D eigenvalue weighted by Gasteiger charge is 2.23. The molecule has 1 N–H and O–H groups in total. The number of rotatable bonds is 6. The molecule has 0 aliphatic carbocycles. The second-order valence-electron chi connectivity index (χ2n) is 6.10. The highest BCUT2D eigenvalue weighted by atomic mass is 35.5. The molecule has 1 atom stereocenters. The van der Waals surface area contributed by atoms with Crippen molar-refractivity contribution >= 4 is 34.8 Å². The van der Waals surface area contributed by atoms with Crippen molar-refractivity contribution in [2.24, 2.45) is 5.92 Å². The Morgan fingerprint density at radius 3 is 2.80 bits per heavy atom. The first-order valence-electron chi connectivity index (χ1n) is 8.26. The van der Waals surface area contributed by atoms with Gasteiger partial charge in [-0.3, -0.25) is 4.79 Å². The number of carbonyl (C=O) groups excluding carboxylic acids is 1. The Labute approximate surface area is 157 Å². The van der Waals surface area contributed by atoms with Gasteiger partial charge in [-0.05, 0) is 36.6 Å². The summed E-state index contributed by atoms with van der Waals surface area (Å²) in [4.78, 5) is 14.3. The molecule has 1 saturated heterocycles. The fourth-order valence-electron chi connectivity index (χ4n) is 2.91. The van der Waals surface area contributed by atoms with E-state index in [-0.39, 0.29) is 12.5 Å². The van der Waals surface area contributed by atoms with Crippen LogP contribution in [0.5, 0.6) is 5.75 Å². The topological polar surface area (TPSA) is 41.6 Å². The van der Waals surface area contributed by atoms with E-state index < -0.39 is 0 Å². The number of halogens is 2. The predicted molar refractivity (Wildman–Crippen MR) is 102 cm³/mol. The molecule has 0 bridgehead atoms. The highest BCUT2D eigenvalue weighted by Crippen LogP contribution is 2.27. The molecule has 2 aromatic carbocycles. The number of ether oxygens (including phenoxy) is 1. The van der Waals surface area contributed by atoms with Crippen molar-refractivity contribution in [3.63, 3.8) is 0 Å². The van der Waals surface area contributed by atoms with E-state index in [0.29, 0.717) is 28.3 Å². The fraction of sp³-hybridized carbons (Fsp3) is 0.316. The van der Waals surface area contributed by atoms with E-state index in [0.717, 1.165) is 19.5 Å². The summed E-state index contributed by atoms with van der Waals surface area (Å²) in [5.41, 5.74) is 1.23. The highest BCUT2D eigenvalue weighted by molar-refractivity contribution is 6.34. The predicted octanol–water partition coefficient (Wildman–Crippen LogP) is 4.01. The first-order chi connectivity index (χ1) is 12.1. The number of anilines is 1. The molecule has 0 radical (unpaired) electrons. The van der Waals surface area contributed by atoms with Crippen molar-refractivity contribution in [1.82, 2.24) is 5.32 Å². The van der Waals surface area contributed by atoms with Gasteiger partial charge in [-0.2, -0.15) is 0 Å². The van der Waals surface area contributed by atoms with E-state index in [9.17, 15) is 4.79 Å². The van der Waals surface area contributed by atoms with Crippen molar-refractivity contribution in [1.29, 1.82) is 0 Å². The largest absolute Gasteiger partial charge is 0.482 e. The summed E-state index contributed by atoms with van der Waals surface area (Å²) >= 11 is 11.9. The van der Waals surface area contributed by atoms with Crippen molar-refractivity contribution in [3.05, 3.63) is 58.6 Å². The molecule has 0 spiro atoms. The molecule has 2 aromatic rings. The summed E-state index contributed by atoms with van der Waals surface area (Å²) in [6, 6.07) is 15.3. The molecule has 4 nitrogen and oxygen atoms in total. The summed E-state index contributed by atoms with van der Waals surface area (Å²) in [5.74, 6) is 0.702. The Kier molecular flexibility index (Phi) is 6.05. The van der Waals surface area contributed by atoms with Crippen LogP contribution in [0.15, 0.2) is 48.5 Å². The smallest absolute Gasteiger partial charge is 0.257 e. The van der Waals surface area contributed by atoms with Gasteiger partial charge in [-0.1, -0.05) is 41.4 Å². The molecule has 1 aliphatic rings. The standard InChI is InChI=1S/C19H20Cl2N2O2/c20-15-6-7-17(21)18(10-15)25-13-19(24)22-11-14-8-9-23(12-14)16-4-2-1-3-5-16/h1-7,10,14H,8-9,11-13H2,(H,22,24). The first kappa shape index (κ1) is 17.9. The van der Waals surface area contributed by atoms with Crippen LogP contribution in [-0.4, -0.2) is 32.1 Å². The molecule has 3 rings (SSSR count). The summed E-state index contributed by atoms with van der Waals surface area (Å²) < 4.78 is 5.45. The van der Waals surface area contributed by atoms with Crippen LogP contribution in [0.25, 0.3) is 0 Å². The van der Waals surface area contributed by atoms with E-state index in [2.05, 4.69) is 22.3 Å². The van der Waals surface area contributed by atoms with Gasteiger partial charge in [0.25, 0.3) is 5.91 Å². The maximum atomic E-state index is 12.0. The van der Waals surface area contributed by atoms with Gasteiger partial charge in [0.1, 0.15) is 5.75 Å². The minimum absolute atomic E-state index is 0.0742. The Balaban J connectivity index is 1.42. The van der Waals surface area contributed by atoms with Crippen LogP contribution < -0.4 is 15.0 Å². The van der Waals surface area contributed by atoms with Crippen LogP contribution in [0, 0.1) is 5.92 Å². The van der Waals surface area contributed by atoms with Gasteiger partial charge in [0.2, 0.25) is 0 Å². The van der Waals surface area contributed by atoms with Gasteiger partial charge in [-0.25, -0.2) is 0 Å². The lowest BCUT2D eigenvalue weighted by Gasteiger charge is -2.18. The van der Waals surface area contributed by atoms with Crippen LogP contribution in [0.2, 0.25) is 10.0 Å². The van der Waals surface area contributed by atoms with E-state index in [1.165, 1.54) is 5.69 Å². The fourth-order valence-corrected chi connectivity index (χ4v) is 3.25. The van der Waals surface area contributed by atoms with Crippen LogP contribution in [0.4, 0.5) is 5.69 Å². The summed E-state index contributed by atoms with van der Waals surface area (Å²) in [5, 5.41) is 3.89. The summed E-state index contributed by atoms with van der Waals surface area (Å²) in [6.45, 7) is 2.54. The molecule has 132 valence electrons. The molecule has 1 fully saturated rings. The lowest BCUT2D eigenvalue weighted by atomic mass is 10.1. The number of carbonyl (C=O) groups is 1. The number of nitrogens with one attached hydrogen (secondary N) is 1. The normalized spacial score (nSPS) is 16.7.